The minimum atomic E-state index is 0.582. The Balaban J connectivity index is 1.92. The summed E-state index contributed by atoms with van der Waals surface area (Å²) in [5.41, 5.74) is 0.987. The van der Waals surface area contributed by atoms with Crippen molar-refractivity contribution in [2.24, 2.45) is 0 Å². The fourth-order valence-corrected chi connectivity index (χ4v) is 1.81. The van der Waals surface area contributed by atoms with Crippen LogP contribution in [0.5, 0.6) is 0 Å². The monoisotopic (exact) mass is 255 g/mol. The zero-order valence-corrected chi connectivity index (χ0v) is 10.1. The Morgan fingerprint density at radius 2 is 1.94 bits per heavy atom. The van der Waals surface area contributed by atoms with Crippen molar-refractivity contribution < 1.29 is 4.42 Å². The van der Waals surface area contributed by atoms with E-state index in [-0.39, 0.29) is 0 Å². The number of hydrogen-bond donors (Lipinski definition) is 1. The molecule has 0 saturated heterocycles. The molecule has 0 fully saturated rings. The molecule has 0 amide bonds. The van der Waals surface area contributed by atoms with Gasteiger partial charge in [-0.1, -0.05) is 35.3 Å². The van der Waals surface area contributed by atoms with Gasteiger partial charge in [-0.25, -0.2) is 0 Å². The number of rotatable bonds is 4. The Morgan fingerprint density at radius 1 is 1.06 bits per heavy atom. The number of benzene rings is 1. The molecule has 1 aromatic carbocycles. The summed E-state index contributed by atoms with van der Waals surface area (Å²) in [7, 11) is 0. The lowest BCUT2D eigenvalue weighted by Crippen LogP contribution is -2.12. The van der Waals surface area contributed by atoms with Crippen molar-refractivity contribution in [3.05, 3.63) is 58.0 Å². The van der Waals surface area contributed by atoms with E-state index in [1.165, 1.54) is 0 Å². The SMILES string of the molecule is Clc1cccc(CNCc2ccco2)c1Cl. The van der Waals surface area contributed by atoms with E-state index in [1.54, 1.807) is 12.3 Å². The molecule has 2 nitrogen and oxygen atoms in total. The molecule has 84 valence electrons. The maximum atomic E-state index is 6.06. The lowest BCUT2D eigenvalue weighted by molar-refractivity contribution is 0.483. The molecular weight excluding hydrogens is 245 g/mol. The van der Waals surface area contributed by atoms with Crippen molar-refractivity contribution in [2.75, 3.05) is 0 Å². The van der Waals surface area contributed by atoms with Crippen molar-refractivity contribution in [2.45, 2.75) is 13.1 Å². The summed E-state index contributed by atoms with van der Waals surface area (Å²) in [5.74, 6) is 0.901. The highest BCUT2D eigenvalue weighted by Gasteiger charge is 2.03. The van der Waals surface area contributed by atoms with Crippen molar-refractivity contribution in [1.29, 1.82) is 0 Å². The van der Waals surface area contributed by atoms with Gasteiger partial charge in [-0.2, -0.15) is 0 Å². The third kappa shape index (κ3) is 2.79. The van der Waals surface area contributed by atoms with Gasteiger partial charge in [0.15, 0.2) is 0 Å². The second-order valence-corrected chi connectivity index (χ2v) is 4.18. The topological polar surface area (TPSA) is 25.2 Å². The van der Waals surface area contributed by atoms with Crippen molar-refractivity contribution in [3.8, 4) is 0 Å². The minimum absolute atomic E-state index is 0.582. The van der Waals surface area contributed by atoms with E-state index in [0.29, 0.717) is 23.1 Å². The third-order valence-electron chi connectivity index (χ3n) is 2.23. The highest BCUT2D eigenvalue weighted by atomic mass is 35.5. The molecule has 0 aliphatic carbocycles. The van der Waals surface area contributed by atoms with Gasteiger partial charge in [-0.05, 0) is 23.8 Å². The van der Waals surface area contributed by atoms with E-state index in [1.807, 2.05) is 24.3 Å². The third-order valence-corrected chi connectivity index (χ3v) is 3.08. The highest BCUT2D eigenvalue weighted by Crippen LogP contribution is 2.25. The average Bonchev–Trinajstić information content (AvgIpc) is 2.77. The quantitative estimate of drug-likeness (QED) is 0.898. The van der Waals surface area contributed by atoms with Crippen LogP contribution in [0.15, 0.2) is 41.0 Å². The normalized spacial score (nSPS) is 10.6. The second kappa shape index (κ2) is 5.39. The lowest BCUT2D eigenvalue weighted by atomic mass is 10.2. The summed E-state index contributed by atoms with van der Waals surface area (Å²) >= 11 is 12.0. The van der Waals surface area contributed by atoms with Crippen LogP contribution in [-0.2, 0) is 13.1 Å². The van der Waals surface area contributed by atoms with Crippen molar-refractivity contribution in [3.63, 3.8) is 0 Å². The molecule has 1 N–H and O–H groups in total. The van der Waals surface area contributed by atoms with Crippen molar-refractivity contribution in [1.82, 2.24) is 5.32 Å². The number of furan rings is 1. The molecule has 16 heavy (non-hydrogen) atoms. The molecule has 0 bridgehead atoms. The maximum Gasteiger partial charge on any atom is 0.117 e. The predicted molar refractivity (Wildman–Crippen MR) is 65.7 cm³/mol. The van der Waals surface area contributed by atoms with Crippen LogP contribution in [0.4, 0.5) is 0 Å². The predicted octanol–water partition coefficient (Wildman–Crippen LogP) is 3.88. The van der Waals surface area contributed by atoms with Crippen LogP contribution in [0.25, 0.3) is 0 Å². The first kappa shape index (κ1) is 11.5. The van der Waals surface area contributed by atoms with E-state index >= 15 is 0 Å². The summed E-state index contributed by atoms with van der Waals surface area (Å²) < 4.78 is 5.20. The summed E-state index contributed by atoms with van der Waals surface area (Å²) in [6, 6.07) is 9.40. The van der Waals surface area contributed by atoms with Crippen LogP contribution >= 0.6 is 23.2 Å². The lowest BCUT2D eigenvalue weighted by Gasteiger charge is -2.06. The summed E-state index contributed by atoms with van der Waals surface area (Å²) in [6.45, 7) is 1.34. The van der Waals surface area contributed by atoms with Crippen molar-refractivity contribution >= 4 is 23.2 Å². The average molecular weight is 256 g/mol. The second-order valence-electron chi connectivity index (χ2n) is 3.40. The fourth-order valence-electron chi connectivity index (χ4n) is 1.42. The zero-order chi connectivity index (χ0) is 11.4. The fraction of sp³-hybridized carbons (Fsp3) is 0.167. The van der Waals surface area contributed by atoms with Gasteiger partial charge in [0.1, 0.15) is 5.76 Å². The molecule has 0 aliphatic heterocycles. The Bertz CT molecular complexity index is 454. The molecule has 0 unspecified atom stereocenters. The van der Waals surface area contributed by atoms with E-state index < -0.39 is 0 Å². The molecule has 0 radical (unpaired) electrons. The smallest absolute Gasteiger partial charge is 0.117 e. The Kier molecular flexibility index (Phi) is 3.88. The minimum Gasteiger partial charge on any atom is -0.468 e. The molecule has 0 aliphatic rings. The molecule has 2 rings (SSSR count). The van der Waals surface area contributed by atoms with Gasteiger partial charge in [0.05, 0.1) is 22.9 Å². The number of halogens is 2. The highest BCUT2D eigenvalue weighted by molar-refractivity contribution is 6.42. The van der Waals surface area contributed by atoms with Gasteiger partial charge in [-0.3, -0.25) is 0 Å². The van der Waals surface area contributed by atoms with Crippen LogP contribution in [0.1, 0.15) is 11.3 Å². The van der Waals surface area contributed by atoms with Crippen LogP contribution in [0, 0.1) is 0 Å². The summed E-state index contributed by atoms with van der Waals surface area (Å²) in [6.07, 6.45) is 1.66. The van der Waals surface area contributed by atoms with Crippen LogP contribution in [0.3, 0.4) is 0 Å². The van der Waals surface area contributed by atoms with Gasteiger partial charge in [0.25, 0.3) is 0 Å². The molecule has 1 heterocycles. The molecule has 4 heteroatoms. The Labute approximate surface area is 104 Å². The zero-order valence-electron chi connectivity index (χ0n) is 8.54. The molecular formula is C12H11Cl2NO. The van der Waals surface area contributed by atoms with E-state index in [0.717, 1.165) is 11.3 Å². The number of nitrogens with one attached hydrogen (secondary N) is 1. The molecule has 0 atom stereocenters. The Hall–Kier alpha value is -0.960. The Morgan fingerprint density at radius 3 is 2.69 bits per heavy atom. The van der Waals surface area contributed by atoms with Crippen LogP contribution in [-0.4, -0.2) is 0 Å². The largest absolute Gasteiger partial charge is 0.468 e. The van der Waals surface area contributed by atoms with Crippen LogP contribution in [0.2, 0.25) is 10.0 Å². The van der Waals surface area contributed by atoms with E-state index in [4.69, 9.17) is 27.6 Å². The summed E-state index contributed by atoms with van der Waals surface area (Å²) in [5, 5.41) is 4.43. The molecule has 1 aromatic heterocycles. The molecule has 0 saturated carbocycles. The van der Waals surface area contributed by atoms with Gasteiger partial charge in [0.2, 0.25) is 0 Å². The van der Waals surface area contributed by atoms with E-state index in [9.17, 15) is 0 Å². The summed E-state index contributed by atoms with van der Waals surface area (Å²) in [4.78, 5) is 0. The van der Waals surface area contributed by atoms with E-state index in [2.05, 4.69) is 5.32 Å². The van der Waals surface area contributed by atoms with Gasteiger partial charge < -0.3 is 9.73 Å². The first-order valence-electron chi connectivity index (χ1n) is 4.93. The molecule has 0 spiro atoms. The van der Waals surface area contributed by atoms with Crippen LogP contribution < -0.4 is 5.32 Å². The first-order chi connectivity index (χ1) is 7.77. The standard InChI is InChI=1S/C12H11Cl2NO/c13-11-5-1-3-9(12(11)14)7-15-8-10-4-2-6-16-10/h1-6,15H,7-8H2. The van der Waals surface area contributed by atoms with Gasteiger partial charge in [-0.15, -0.1) is 0 Å². The maximum absolute atomic E-state index is 6.06. The van der Waals surface area contributed by atoms with Gasteiger partial charge >= 0.3 is 0 Å². The van der Waals surface area contributed by atoms with Gasteiger partial charge in [0, 0.05) is 6.54 Å². The number of hydrogen-bond acceptors (Lipinski definition) is 2. The molecule has 2 aromatic rings. The first-order valence-corrected chi connectivity index (χ1v) is 5.69.